The monoisotopic (exact) mass is 2010 g/mol. The number of likely N-dealkylation sites (tertiary alicyclic amines) is 3. The number of rotatable bonds is 35. The van der Waals surface area contributed by atoms with Crippen LogP contribution in [0.5, 0.6) is 0 Å². The molecule has 6 N–H and O–H groups in total. The standard InChI is InChI=1S/C41H52N4O4.C41H50N4O4.C40H52N6O4/c2*1-3-5-28-8-12-30(13-9-28)31-18-20-32(21-19-31)35-23-42-38(43-24-35)33-14-10-29(11-15-33)22-37(40(47)45-25-36(26-45)41(48)49)44-39(46)34-16-6-27(4-2)7-17-34;1-5-6-26-7-11-28(12-8-26)29-15-17-30(18-16-29)32-20-41-36(42-21-32)31-13-9-27(10-14-31)19-35(38(48)45-23-34(24-45)39(49)50)44-37(47)33-22-43-46(25-33)40(2,3)4/h6-7,10-11,14-17,23-24,28,30-32,36-37H,3-5,8-9,12-13,18-22,25-26H2,1-2H3,(H,44,46)(H,48,49);6-7,10-11,14-17,20,23-24,28,30-31,36-37H,3-5,8-9,12-13,18-19,21-22,25-26H2,1-2H3,(H,44,46)(H,48,49);9-10,13-14,17,20-22,25-26,28-29,34-35H,5-8,11-12,15-16,18-19,23-24H2,1-4H3,(H,44,47)(H,49,50)/t28?,30?,31?,32?,37-;28?,30?,31?,37-;26?,28?,29?,35-/m000/s1. The number of aryl methyl sites for hydroxylation is 2. The van der Waals surface area contributed by atoms with Gasteiger partial charge in [-0.1, -0.05) is 221 Å². The van der Waals surface area contributed by atoms with Gasteiger partial charge in [-0.25, -0.2) is 29.9 Å². The van der Waals surface area contributed by atoms with Crippen molar-refractivity contribution in [2.45, 2.75) is 297 Å². The first kappa shape index (κ1) is 108. The summed E-state index contributed by atoms with van der Waals surface area (Å²) in [4.78, 5) is 147. The van der Waals surface area contributed by atoms with E-state index in [9.17, 15) is 58.5 Å². The Balaban J connectivity index is 0.000000158. The van der Waals surface area contributed by atoms with Crippen LogP contribution in [0.2, 0.25) is 0 Å². The topological polar surface area (TPSA) is 355 Å². The lowest BCUT2D eigenvalue weighted by Crippen LogP contribution is -2.59. The number of carboxylic acid groups (broad SMARTS) is 3. The Morgan fingerprint density at radius 2 is 0.628 bits per heavy atom. The Hall–Kier alpha value is -12.7. The molecule has 26 nitrogen and oxygen atoms in total. The summed E-state index contributed by atoms with van der Waals surface area (Å²) in [7, 11) is 0. The van der Waals surface area contributed by atoms with Crippen LogP contribution in [0.4, 0.5) is 0 Å². The van der Waals surface area contributed by atoms with Crippen molar-refractivity contribution < 1.29 is 58.5 Å². The highest BCUT2D eigenvalue weighted by molar-refractivity contribution is 6.00. The van der Waals surface area contributed by atoms with Gasteiger partial charge in [0.15, 0.2) is 17.5 Å². The average Bonchev–Trinajstić information content (AvgIpc) is 1.06. The number of amides is 6. The van der Waals surface area contributed by atoms with Crippen LogP contribution in [0.15, 0.2) is 183 Å². The summed E-state index contributed by atoms with van der Waals surface area (Å²) in [5.74, 6) is 4.19. The molecule has 0 spiro atoms. The van der Waals surface area contributed by atoms with Gasteiger partial charge in [0.1, 0.15) is 18.1 Å². The molecule has 4 saturated carbocycles. The highest BCUT2D eigenvalue weighted by atomic mass is 16.4. The summed E-state index contributed by atoms with van der Waals surface area (Å²) in [6.07, 6.45) is 59.6. The van der Waals surface area contributed by atoms with Crippen molar-refractivity contribution in [2.75, 3.05) is 39.3 Å². The minimum atomic E-state index is -0.922. The van der Waals surface area contributed by atoms with Crippen LogP contribution in [-0.4, -0.2) is 180 Å². The Bertz CT molecular complexity index is 6010. The fourth-order valence-electron chi connectivity index (χ4n) is 24.2. The lowest BCUT2D eigenvalue weighted by atomic mass is 9.68. The molecular weight excluding hydrogens is 1850 g/mol. The summed E-state index contributed by atoms with van der Waals surface area (Å²) in [6.45, 7) is 17.9. The SMILES string of the molecule is CCCC1CCC(C2CC=C(c3cnc(-c4ccc(C[C@H](NC(=O)c5ccc(CC)cc5)C(=O)N5CC(C(=O)O)C5)cc4)nc3)CC2)CC1.CCCC1CCC(C2CC=C(c3cnc(-c4ccc(C[C@H](NC(=O)c5cnn(C(C)(C)C)c5)C(=O)N5CC(C(=O)O)C5)cc4)nc3)CC2)CC1.CCCC1CCC(C2CCC(c3cnc(-c4ccc(C[C@H](NC(=O)c5ccc(CC)cc5)C(=O)N5CC(C(=O)O)C5)cc4)nc3)CC2)CC1. The maximum absolute atomic E-state index is 13.5. The van der Waals surface area contributed by atoms with Crippen LogP contribution in [0.3, 0.4) is 0 Å². The van der Waals surface area contributed by atoms with Gasteiger partial charge in [-0.05, 0) is 264 Å². The van der Waals surface area contributed by atoms with Crippen LogP contribution in [0.25, 0.3) is 45.3 Å². The minimum absolute atomic E-state index is 0.131. The van der Waals surface area contributed by atoms with E-state index >= 15 is 0 Å². The van der Waals surface area contributed by atoms with Crippen molar-refractivity contribution in [3.63, 3.8) is 0 Å². The molecule has 26 heteroatoms. The molecule has 9 aliphatic rings. The van der Waals surface area contributed by atoms with Gasteiger partial charge in [0.05, 0.1) is 35.1 Å². The zero-order valence-corrected chi connectivity index (χ0v) is 88.1. The van der Waals surface area contributed by atoms with E-state index in [0.29, 0.717) is 40.1 Å². The summed E-state index contributed by atoms with van der Waals surface area (Å²) in [5.41, 5.74) is 14.6. The molecular formula is C122H154N14O12. The number of benzene rings is 5. The van der Waals surface area contributed by atoms with Crippen LogP contribution in [0, 0.1) is 71.0 Å². The van der Waals surface area contributed by atoms with Gasteiger partial charge in [-0.2, -0.15) is 5.10 Å². The minimum Gasteiger partial charge on any atom is -0.481 e. The Morgan fingerprint density at radius 1 is 0.338 bits per heavy atom. The maximum Gasteiger partial charge on any atom is 0.310 e. The number of allylic oxidation sites excluding steroid dienone is 4. The quantitative estimate of drug-likeness (QED) is 0.0215. The second-order valence-corrected chi connectivity index (χ2v) is 44.8. The third-order valence-corrected chi connectivity index (χ3v) is 33.8. The van der Waals surface area contributed by atoms with Gasteiger partial charge in [0.2, 0.25) is 17.7 Å². The van der Waals surface area contributed by atoms with Crippen LogP contribution in [0.1, 0.15) is 317 Å². The third-order valence-electron chi connectivity index (χ3n) is 33.8. The van der Waals surface area contributed by atoms with E-state index in [1.165, 1.54) is 192 Å². The largest absolute Gasteiger partial charge is 0.481 e. The molecule has 148 heavy (non-hydrogen) atoms. The molecule has 5 atom stereocenters. The van der Waals surface area contributed by atoms with Crippen molar-refractivity contribution in [2.24, 2.45) is 71.0 Å². The van der Waals surface area contributed by atoms with E-state index in [2.05, 4.69) is 67.8 Å². The lowest BCUT2D eigenvalue weighted by molar-refractivity contribution is -0.155. The van der Waals surface area contributed by atoms with Crippen molar-refractivity contribution >= 4 is 64.5 Å². The Kier molecular flexibility index (Phi) is 37.2. The molecule has 6 amide bonds. The number of carboxylic acids is 3. The molecule has 7 fully saturated rings. The van der Waals surface area contributed by atoms with E-state index in [0.717, 1.165) is 147 Å². The first-order chi connectivity index (χ1) is 71.6. The van der Waals surface area contributed by atoms with Crippen LogP contribution in [-0.2, 0) is 66.4 Å². The highest BCUT2D eigenvalue weighted by Gasteiger charge is 2.44. The molecule has 0 bridgehead atoms. The molecule has 5 aromatic carbocycles. The molecule has 784 valence electrons. The molecule has 0 radical (unpaired) electrons. The second kappa shape index (κ2) is 51.0. The van der Waals surface area contributed by atoms with Gasteiger partial charge < -0.3 is 46.0 Å². The fourth-order valence-corrected chi connectivity index (χ4v) is 24.2. The molecule has 18 rings (SSSR count). The van der Waals surface area contributed by atoms with Gasteiger partial charge in [-0.15, -0.1) is 0 Å². The van der Waals surface area contributed by atoms with Gasteiger partial charge in [0, 0.05) is 141 Å². The maximum atomic E-state index is 13.5. The molecule has 3 aliphatic heterocycles. The average molecular weight is 2010 g/mol. The molecule has 7 heterocycles. The summed E-state index contributed by atoms with van der Waals surface area (Å²) >= 11 is 0. The van der Waals surface area contributed by atoms with E-state index in [1.807, 2.05) is 155 Å². The normalized spacial score (nSPS) is 22.3. The number of carbonyl (C=O) groups is 9. The Labute approximate surface area is 873 Å². The van der Waals surface area contributed by atoms with Crippen molar-refractivity contribution in [1.82, 2.24) is 70.3 Å². The zero-order chi connectivity index (χ0) is 104. The summed E-state index contributed by atoms with van der Waals surface area (Å²) < 4.78 is 1.71. The lowest BCUT2D eigenvalue weighted by Gasteiger charge is -2.39. The van der Waals surface area contributed by atoms with Gasteiger partial charge in [-0.3, -0.25) is 47.8 Å². The number of nitrogens with one attached hydrogen (secondary N) is 3. The number of hydrogen-bond donors (Lipinski definition) is 6. The van der Waals surface area contributed by atoms with E-state index in [4.69, 9.17) is 29.9 Å². The Morgan fingerprint density at radius 3 is 0.905 bits per heavy atom. The zero-order valence-electron chi connectivity index (χ0n) is 88.1. The predicted octanol–water partition coefficient (Wildman–Crippen LogP) is 21.6. The van der Waals surface area contributed by atoms with Crippen molar-refractivity contribution in [3.8, 4) is 34.2 Å². The van der Waals surface area contributed by atoms with E-state index < -0.39 is 59.7 Å². The molecule has 6 aliphatic carbocycles. The number of aromatic nitrogens is 8. The summed E-state index contributed by atoms with van der Waals surface area (Å²) in [6, 6.07) is 35.5. The highest BCUT2D eigenvalue weighted by Crippen LogP contribution is 2.48. The van der Waals surface area contributed by atoms with Gasteiger partial charge in [0.25, 0.3) is 17.7 Å². The van der Waals surface area contributed by atoms with Crippen molar-refractivity contribution in [3.05, 3.63) is 244 Å². The number of carbonyl (C=O) groups excluding carboxylic acids is 6. The van der Waals surface area contributed by atoms with Gasteiger partial charge >= 0.3 is 17.9 Å². The first-order valence-electron chi connectivity index (χ1n) is 55.4. The molecule has 4 aromatic heterocycles. The fraction of sp³-hybridized carbons (Fsp3) is 0.525. The predicted molar refractivity (Wildman–Crippen MR) is 576 cm³/mol. The van der Waals surface area contributed by atoms with Crippen molar-refractivity contribution in [1.29, 1.82) is 0 Å². The van der Waals surface area contributed by atoms with E-state index in [1.54, 1.807) is 35.1 Å². The molecule has 3 saturated heterocycles. The first-order valence-corrected chi connectivity index (χ1v) is 55.4. The van der Waals surface area contributed by atoms with Crippen LogP contribution >= 0.6 is 0 Å². The molecule has 9 aromatic rings. The number of nitrogens with zero attached hydrogens (tertiary/aromatic N) is 11. The third kappa shape index (κ3) is 28.2. The van der Waals surface area contributed by atoms with E-state index in [-0.39, 0.29) is 93.6 Å². The smallest absolute Gasteiger partial charge is 0.310 e. The van der Waals surface area contributed by atoms with Crippen LogP contribution < -0.4 is 16.0 Å². The number of hydrogen-bond acceptors (Lipinski definition) is 16. The molecule has 2 unspecified atom stereocenters. The summed E-state index contributed by atoms with van der Waals surface area (Å²) in [5, 5.41) is 41.0. The number of aliphatic carboxylic acids is 3. The second-order valence-electron chi connectivity index (χ2n) is 44.8.